The molecule has 1 fully saturated rings. The zero-order chi connectivity index (χ0) is 9.10. The predicted octanol–water partition coefficient (Wildman–Crippen LogP) is 1.06. The lowest BCUT2D eigenvalue weighted by molar-refractivity contribution is 0.129. The number of carbonyl (C=O) groups excluding carboxylic acids is 1. The predicted molar refractivity (Wildman–Crippen MR) is 44.1 cm³/mol. The molecule has 6 heteroatoms. The van der Waals surface area contributed by atoms with Crippen LogP contribution in [0.2, 0.25) is 0 Å². The maximum Gasteiger partial charge on any atom is 0.509 e. The Morgan fingerprint density at radius 3 is 3.08 bits per heavy atom. The summed E-state index contributed by atoms with van der Waals surface area (Å²) in [6, 6.07) is 0. The third-order valence-corrected chi connectivity index (χ3v) is 2.30. The van der Waals surface area contributed by atoms with Gasteiger partial charge >= 0.3 is 6.16 Å². The van der Waals surface area contributed by atoms with Crippen LogP contribution in [0.3, 0.4) is 0 Å². The number of aromatic nitrogens is 2. The van der Waals surface area contributed by atoms with E-state index in [9.17, 15) is 4.79 Å². The van der Waals surface area contributed by atoms with Crippen LogP contribution in [0.15, 0.2) is 23.6 Å². The van der Waals surface area contributed by atoms with Crippen LogP contribution in [0.4, 0.5) is 4.79 Å². The number of ether oxygens (including phenoxy) is 2. The Kier molecular flexibility index (Phi) is 2.31. The van der Waals surface area contributed by atoms with Gasteiger partial charge in [0.1, 0.15) is 11.6 Å². The quantitative estimate of drug-likeness (QED) is 0.662. The molecular formula is C7H6N2O3S. The third-order valence-electron chi connectivity index (χ3n) is 1.36. The summed E-state index contributed by atoms with van der Waals surface area (Å²) in [6.45, 7) is 0.264. The summed E-state index contributed by atoms with van der Waals surface area (Å²) in [4.78, 5) is 18.5. The Morgan fingerprint density at radius 2 is 2.46 bits per heavy atom. The molecule has 1 unspecified atom stereocenters. The fourth-order valence-electron chi connectivity index (χ4n) is 0.850. The zero-order valence-corrected chi connectivity index (χ0v) is 7.36. The van der Waals surface area contributed by atoms with E-state index in [1.165, 1.54) is 11.8 Å². The Hall–Kier alpha value is -1.30. The first-order valence-electron chi connectivity index (χ1n) is 3.61. The van der Waals surface area contributed by atoms with Gasteiger partial charge in [0.15, 0.2) is 5.44 Å². The van der Waals surface area contributed by atoms with Gasteiger partial charge in [-0.1, -0.05) is 11.8 Å². The van der Waals surface area contributed by atoms with Crippen molar-refractivity contribution in [1.29, 1.82) is 0 Å². The van der Waals surface area contributed by atoms with Crippen LogP contribution in [-0.2, 0) is 9.47 Å². The first-order valence-corrected chi connectivity index (χ1v) is 4.48. The van der Waals surface area contributed by atoms with E-state index < -0.39 is 6.16 Å². The van der Waals surface area contributed by atoms with Crippen molar-refractivity contribution in [2.45, 2.75) is 10.5 Å². The van der Waals surface area contributed by atoms with Crippen LogP contribution in [0.1, 0.15) is 0 Å². The Balaban J connectivity index is 1.96. The van der Waals surface area contributed by atoms with Crippen LogP contribution >= 0.6 is 11.8 Å². The van der Waals surface area contributed by atoms with Crippen LogP contribution in [0.5, 0.6) is 0 Å². The lowest BCUT2D eigenvalue weighted by atomic mass is 10.8. The van der Waals surface area contributed by atoms with Crippen molar-refractivity contribution in [3.63, 3.8) is 0 Å². The van der Waals surface area contributed by atoms with E-state index in [2.05, 4.69) is 14.7 Å². The van der Waals surface area contributed by atoms with Crippen LogP contribution in [-0.4, -0.2) is 28.2 Å². The molecule has 0 saturated carbocycles. The molecule has 5 nitrogen and oxygen atoms in total. The molecule has 68 valence electrons. The minimum absolute atomic E-state index is 0.264. The molecular weight excluding hydrogens is 192 g/mol. The normalized spacial score (nSPS) is 20.9. The summed E-state index contributed by atoms with van der Waals surface area (Å²) in [7, 11) is 0. The van der Waals surface area contributed by atoms with Gasteiger partial charge in [-0.15, -0.1) is 0 Å². The average molecular weight is 198 g/mol. The van der Waals surface area contributed by atoms with E-state index in [1.54, 1.807) is 18.6 Å². The molecule has 13 heavy (non-hydrogen) atoms. The molecule has 0 N–H and O–H groups in total. The van der Waals surface area contributed by atoms with Crippen LogP contribution in [0, 0.1) is 0 Å². The van der Waals surface area contributed by atoms with Gasteiger partial charge in [0.05, 0.1) is 6.20 Å². The lowest BCUT2D eigenvalue weighted by Gasteiger charge is -2.02. The summed E-state index contributed by atoms with van der Waals surface area (Å²) in [6.07, 6.45) is 4.15. The van der Waals surface area contributed by atoms with Crippen molar-refractivity contribution in [1.82, 2.24) is 9.97 Å². The van der Waals surface area contributed by atoms with Crippen molar-refractivity contribution in [3.05, 3.63) is 18.6 Å². The second kappa shape index (κ2) is 3.61. The number of cyclic esters (lactones) is 2. The topological polar surface area (TPSA) is 61.3 Å². The molecule has 1 aliphatic heterocycles. The van der Waals surface area contributed by atoms with Crippen molar-refractivity contribution >= 4 is 17.9 Å². The molecule has 0 radical (unpaired) electrons. The Labute approximate surface area is 78.5 Å². The number of hydrogen-bond acceptors (Lipinski definition) is 6. The molecule has 0 amide bonds. The maximum absolute atomic E-state index is 10.5. The molecule has 1 atom stereocenters. The first-order chi connectivity index (χ1) is 6.34. The van der Waals surface area contributed by atoms with Gasteiger partial charge in [0.2, 0.25) is 0 Å². The highest BCUT2D eigenvalue weighted by Crippen LogP contribution is 2.24. The van der Waals surface area contributed by atoms with E-state index >= 15 is 0 Å². The number of hydrogen-bond donors (Lipinski definition) is 0. The van der Waals surface area contributed by atoms with Gasteiger partial charge in [0.25, 0.3) is 0 Å². The number of thioether (sulfide) groups is 1. The van der Waals surface area contributed by atoms with Gasteiger partial charge in [0, 0.05) is 12.4 Å². The minimum atomic E-state index is -0.624. The van der Waals surface area contributed by atoms with E-state index in [1.807, 2.05) is 0 Å². The molecule has 0 bridgehead atoms. The molecule has 0 spiro atoms. The SMILES string of the molecule is O=C1OCC(Sc2cnccn2)O1. The van der Waals surface area contributed by atoms with Crippen LogP contribution in [0.25, 0.3) is 0 Å². The van der Waals surface area contributed by atoms with Crippen molar-refractivity contribution < 1.29 is 14.3 Å². The highest BCUT2D eigenvalue weighted by atomic mass is 32.2. The zero-order valence-electron chi connectivity index (χ0n) is 6.54. The Bertz CT molecular complexity index is 306. The Morgan fingerprint density at radius 1 is 1.54 bits per heavy atom. The smallest absolute Gasteiger partial charge is 0.429 e. The molecule has 2 heterocycles. The third kappa shape index (κ3) is 2.09. The first kappa shape index (κ1) is 8.31. The highest BCUT2D eigenvalue weighted by Gasteiger charge is 2.26. The molecule has 1 saturated heterocycles. The summed E-state index contributed by atoms with van der Waals surface area (Å²) < 4.78 is 9.41. The van der Waals surface area contributed by atoms with E-state index in [0.717, 1.165) is 0 Å². The van der Waals surface area contributed by atoms with Gasteiger partial charge in [-0.2, -0.15) is 0 Å². The molecule has 0 aromatic carbocycles. The number of nitrogens with zero attached hydrogens (tertiary/aromatic N) is 2. The minimum Gasteiger partial charge on any atom is -0.429 e. The fourth-order valence-corrected chi connectivity index (χ4v) is 1.63. The second-order valence-corrected chi connectivity index (χ2v) is 3.45. The molecule has 0 aliphatic carbocycles. The highest BCUT2D eigenvalue weighted by molar-refractivity contribution is 7.99. The van der Waals surface area contributed by atoms with Crippen molar-refractivity contribution in [3.8, 4) is 0 Å². The standard InChI is InChI=1S/C7H6N2O3S/c10-7-11-4-6(12-7)13-5-3-8-1-2-9-5/h1-3,6H,4H2. The van der Waals surface area contributed by atoms with Crippen molar-refractivity contribution in [2.75, 3.05) is 6.61 Å². The summed E-state index contributed by atoms with van der Waals surface area (Å²) >= 11 is 1.31. The summed E-state index contributed by atoms with van der Waals surface area (Å²) in [5.74, 6) is 0. The lowest BCUT2D eigenvalue weighted by Crippen LogP contribution is -2.04. The van der Waals surface area contributed by atoms with Gasteiger partial charge in [-0.3, -0.25) is 4.98 Å². The van der Waals surface area contributed by atoms with Crippen LogP contribution < -0.4 is 0 Å². The van der Waals surface area contributed by atoms with E-state index in [0.29, 0.717) is 5.03 Å². The van der Waals surface area contributed by atoms with Crippen molar-refractivity contribution in [2.24, 2.45) is 0 Å². The number of carbonyl (C=O) groups is 1. The summed E-state index contributed by atoms with van der Waals surface area (Å²) in [5.41, 5.74) is -0.302. The molecule has 1 aromatic rings. The van der Waals surface area contributed by atoms with Gasteiger partial charge < -0.3 is 9.47 Å². The number of rotatable bonds is 2. The fraction of sp³-hybridized carbons (Fsp3) is 0.286. The molecule has 1 aromatic heterocycles. The molecule has 2 rings (SSSR count). The second-order valence-electron chi connectivity index (χ2n) is 2.27. The van der Waals surface area contributed by atoms with Gasteiger partial charge in [-0.05, 0) is 0 Å². The maximum atomic E-state index is 10.5. The van der Waals surface area contributed by atoms with E-state index in [4.69, 9.17) is 4.74 Å². The monoisotopic (exact) mass is 198 g/mol. The van der Waals surface area contributed by atoms with E-state index in [-0.39, 0.29) is 12.0 Å². The largest absolute Gasteiger partial charge is 0.509 e. The van der Waals surface area contributed by atoms with Gasteiger partial charge in [-0.25, -0.2) is 9.78 Å². The average Bonchev–Trinajstić information content (AvgIpc) is 2.53. The summed E-state index contributed by atoms with van der Waals surface area (Å²) in [5, 5.41) is 0.714. The molecule has 1 aliphatic rings.